The molecule has 0 spiro atoms. The molecule has 0 atom stereocenters. The van der Waals surface area contributed by atoms with Crippen LogP contribution >= 0.6 is 0 Å². The first-order chi connectivity index (χ1) is 14.1. The number of carbonyl (C=O) groups is 2. The first kappa shape index (κ1) is 19.8. The predicted octanol–water partition coefficient (Wildman–Crippen LogP) is 3.99. The third kappa shape index (κ3) is 6.32. The fourth-order valence-electron chi connectivity index (χ4n) is 2.56. The Balaban J connectivity index is 1.54. The zero-order valence-electron chi connectivity index (χ0n) is 16.0. The van der Waals surface area contributed by atoms with Crippen molar-refractivity contribution in [2.24, 2.45) is 5.10 Å². The summed E-state index contributed by atoms with van der Waals surface area (Å²) in [6.07, 6.45) is 1.55. The Morgan fingerprint density at radius 3 is 2.45 bits per heavy atom. The van der Waals surface area contributed by atoms with Gasteiger partial charge in [-0.2, -0.15) is 5.10 Å². The van der Waals surface area contributed by atoms with Crippen LogP contribution in [0.25, 0.3) is 0 Å². The topological polar surface area (TPSA) is 79.8 Å². The second kappa shape index (κ2) is 9.85. The van der Waals surface area contributed by atoms with E-state index in [1.165, 1.54) is 6.92 Å². The van der Waals surface area contributed by atoms with Gasteiger partial charge in [0.15, 0.2) is 0 Å². The first-order valence-electron chi connectivity index (χ1n) is 9.08. The van der Waals surface area contributed by atoms with Crippen LogP contribution in [-0.4, -0.2) is 18.0 Å². The molecule has 3 rings (SSSR count). The van der Waals surface area contributed by atoms with Gasteiger partial charge in [0.2, 0.25) is 5.91 Å². The van der Waals surface area contributed by atoms with Crippen LogP contribution in [0.1, 0.15) is 28.4 Å². The molecule has 2 amide bonds. The van der Waals surface area contributed by atoms with Gasteiger partial charge >= 0.3 is 0 Å². The second-order valence-corrected chi connectivity index (χ2v) is 6.30. The Labute approximate surface area is 169 Å². The van der Waals surface area contributed by atoms with Gasteiger partial charge in [0, 0.05) is 18.2 Å². The molecular weight excluding hydrogens is 366 g/mol. The van der Waals surface area contributed by atoms with Gasteiger partial charge in [-0.3, -0.25) is 9.59 Å². The van der Waals surface area contributed by atoms with E-state index in [2.05, 4.69) is 15.8 Å². The summed E-state index contributed by atoms with van der Waals surface area (Å²) in [5, 5.41) is 6.65. The van der Waals surface area contributed by atoms with E-state index in [1.54, 1.807) is 30.5 Å². The number of hydrogen-bond donors (Lipinski definition) is 2. The Morgan fingerprint density at radius 2 is 1.72 bits per heavy atom. The van der Waals surface area contributed by atoms with Crippen molar-refractivity contribution in [2.45, 2.75) is 13.5 Å². The fourth-order valence-corrected chi connectivity index (χ4v) is 2.56. The average molecular weight is 387 g/mol. The number of rotatable bonds is 7. The fraction of sp³-hybridized carbons (Fsp3) is 0.0870. The van der Waals surface area contributed by atoms with Gasteiger partial charge in [-0.15, -0.1) is 0 Å². The molecule has 0 aliphatic heterocycles. The highest BCUT2D eigenvalue weighted by atomic mass is 16.5. The van der Waals surface area contributed by atoms with Gasteiger partial charge in [0.1, 0.15) is 12.4 Å². The van der Waals surface area contributed by atoms with Gasteiger partial charge in [-0.05, 0) is 47.5 Å². The monoisotopic (exact) mass is 387 g/mol. The number of carbonyl (C=O) groups excluding carboxylic acids is 2. The highest BCUT2D eigenvalue weighted by molar-refractivity contribution is 5.96. The minimum Gasteiger partial charge on any atom is -0.489 e. The maximum atomic E-state index is 12.2. The highest BCUT2D eigenvalue weighted by Crippen LogP contribution is 2.14. The van der Waals surface area contributed by atoms with E-state index >= 15 is 0 Å². The summed E-state index contributed by atoms with van der Waals surface area (Å²) in [6.45, 7) is 1.91. The zero-order valence-corrected chi connectivity index (χ0v) is 16.0. The second-order valence-electron chi connectivity index (χ2n) is 6.30. The molecule has 0 unspecified atom stereocenters. The largest absolute Gasteiger partial charge is 0.489 e. The summed E-state index contributed by atoms with van der Waals surface area (Å²) in [4.78, 5) is 23.2. The Hall–Kier alpha value is -3.93. The third-order valence-electron chi connectivity index (χ3n) is 3.95. The summed E-state index contributed by atoms with van der Waals surface area (Å²) in [6, 6.07) is 23.9. The number of anilines is 1. The number of nitrogens with zero attached hydrogens (tertiary/aromatic N) is 1. The van der Waals surface area contributed by atoms with Crippen molar-refractivity contribution in [1.82, 2.24) is 5.43 Å². The molecule has 0 fully saturated rings. The van der Waals surface area contributed by atoms with Crippen LogP contribution in [0.15, 0.2) is 84.0 Å². The predicted molar refractivity (Wildman–Crippen MR) is 113 cm³/mol. The molecule has 146 valence electrons. The Kier molecular flexibility index (Phi) is 6.73. The van der Waals surface area contributed by atoms with Gasteiger partial charge in [0.05, 0.1) is 6.21 Å². The quantitative estimate of drug-likeness (QED) is 0.475. The van der Waals surface area contributed by atoms with E-state index in [0.717, 1.165) is 16.9 Å². The molecule has 0 saturated carbocycles. The molecule has 0 aliphatic carbocycles. The van der Waals surface area contributed by atoms with E-state index in [1.807, 2.05) is 54.6 Å². The lowest BCUT2D eigenvalue weighted by atomic mass is 10.2. The molecule has 6 heteroatoms. The standard InChI is InChI=1S/C23H21N3O3/c1-17(27)25-21-12-10-20(11-13-21)23(28)26-24-15-19-8-5-9-22(14-19)29-16-18-6-3-2-4-7-18/h2-15H,16H2,1H3,(H,25,27)(H,26,28). The Bertz CT molecular complexity index is 999. The molecule has 0 bridgehead atoms. The van der Waals surface area contributed by atoms with Crippen LogP contribution in [-0.2, 0) is 11.4 Å². The summed E-state index contributed by atoms with van der Waals surface area (Å²) in [7, 11) is 0. The molecule has 29 heavy (non-hydrogen) atoms. The molecule has 0 aromatic heterocycles. The van der Waals surface area contributed by atoms with Gasteiger partial charge in [-0.25, -0.2) is 5.43 Å². The average Bonchev–Trinajstić information content (AvgIpc) is 2.73. The molecule has 6 nitrogen and oxygen atoms in total. The molecule has 0 heterocycles. The maximum Gasteiger partial charge on any atom is 0.271 e. The molecule has 3 aromatic carbocycles. The van der Waals surface area contributed by atoms with Gasteiger partial charge in [0.25, 0.3) is 5.91 Å². The summed E-state index contributed by atoms with van der Waals surface area (Å²) >= 11 is 0. The smallest absolute Gasteiger partial charge is 0.271 e. The first-order valence-corrected chi connectivity index (χ1v) is 9.08. The number of amides is 2. The third-order valence-corrected chi connectivity index (χ3v) is 3.95. The molecular formula is C23H21N3O3. The number of benzene rings is 3. The van der Waals surface area contributed by atoms with Crippen molar-refractivity contribution in [3.63, 3.8) is 0 Å². The van der Waals surface area contributed by atoms with Gasteiger partial charge < -0.3 is 10.1 Å². The summed E-state index contributed by atoms with van der Waals surface area (Å²) in [5.41, 5.74) is 5.45. The number of nitrogens with one attached hydrogen (secondary N) is 2. The van der Waals surface area contributed by atoms with E-state index in [9.17, 15) is 9.59 Å². The number of hydrogen-bond acceptors (Lipinski definition) is 4. The SMILES string of the molecule is CC(=O)Nc1ccc(C(=O)NN=Cc2cccc(OCc3ccccc3)c2)cc1. The summed E-state index contributed by atoms with van der Waals surface area (Å²) in [5.74, 6) is 0.214. The van der Waals surface area contributed by atoms with Crippen molar-refractivity contribution in [3.8, 4) is 5.75 Å². The van der Waals surface area contributed by atoms with Crippen molar-refractivity contribution in [2.75, 3.05) is 5.32 Å². The van der Waals surface area contributed by atoms with Crippen LogP contribution in [0, 0.1) is 0 Å². The lowest BCUT2D eigenvalue weighted by Crippen LogP contribution is -2.17. The number of hydrazone groups is 1. The Morgan fingerprint density at radius 1 is 0.966 bits per heavy atom. The van der Waals surface area contributed by atoms with Gasteiger partial charge in [-0.1, -0.05) is 42.5 Å². The molecule has 0 aliphatic rings. The van der Waals surface area contributed by atoms with E-state index in [4.69, 9.17) is 4.74 Å². The van der Waals surface area contributed by atoms with Crippen molar-refractivity contribution in [3.05, 3.63) is 95.6 Å². The summed E-state index contributed by atoms with van der Waals surface area (Å²) < 4.78 is 5.79. The van der Waals surface area contributed by atoms with Crippen LogP contribution < -0.4 is 15.5 Å². The van der Waals surface area contributed by atoms with Crippen molar-refractivity contribution in [1.29, 1.82) is 0 Å². The normalized spacial score (nSPS) is 10.5. The molecule has 0 saturated heterocycles. The van der Waals surface area contributed by atoms with Crippen LogP contribution in [0.3, 0.4) is 0 Å². The highest BCUT2D eigenvalue weighted by Gasteiger charge is 2.04. The maximum absolute atomic E-state index is 12.2. The zero-order chi connectivity index (χ0) is 20.5. The minimum absolute atomic E-state index is 0.165. The molecule has 2 N–H and O–H groups in total. The lowest BCUT2D eigenvalue weighted by molar-refractivity contribution is -0.114. The van der Waals surface area contributed by atoms with Crippen molar-refractivity contribution < 1.29 is 14.3 Å². The van der Waals surface area contributed by atoms with E-state index < -0.39 is 0 Å². The number of ether oxygens (including phenoxy) is 1. The van der Waals surface area contributed by atoms with Crippen LogP contribution in [0.4, 0.5) is 5.69 Å². The van der Waals surface area contributed by atoms with Crippen molar-refractivity contribution >= 4 is 23.7 Å². The molecule has 0 radical (unpaired) electrons. The minimum atomic E-state index is -0.341. The van der Waals surface area contributed by atoms with Crippen LogP contribution in [0.5, 0.6) is 5.75 Å². The van der Waals surface area contributed by atoms with E-state index in [0.29, 0.717) is 17.9 Å². The van der Waals surface area contributed by atoms with Crippen LogP contribution in [0.2, 0.25) is 0 Å². The lowest BCUT2D eigenvalue weighted by Gasteiger charge is -2.07. The molecule has 3 aromatic rings. The van der Waals surface area contributed by atoms with E-state index in [-0.39, 0.29) is 11.8 Å².